The van der Waals surface area contributed by atoms with Crippen molar-refractivity contribution >= 4 is 16.9 Å². The third kappa shape index (κ3) is 3.06. The molecule has 26 heavy (non-hydrogen) atoms. The second kappa shape index (κ2) is 6.90. The van der Waals surface area contributed by atoms with Crippen LogP contribution < -0.4 is 5.73 Å². The van der Waals surface area contributed by atoms with Crippen LogP contribution in [0.4, 0.5) is 0 Å². The van der Waals surface area contributed by atoms with Crippen LogP contribution in [0.25, 0.3) is 11.0 Å². The Bertz CT molecular complexity index is 811. The zero-order valence-electron chi connectivity index (χ0n) is 15.1. The highest BCUT2D eigenvalue weighted by atomic mass is 16.5. The molecule has 138 valence electrons. The van der Waals surface area contributed by atoms with Gasteiger partial charge < -0.3 is 10.5 Å². The van der Waals surface area contributed by atoms with Gasteiger partial charge in [0, 0.05) is 45.8 Å². The smallest absolute Gasteiger partial charge is 0.240 e. The highest BCUT2D eigenvalue weighted by molar-refractivity contribution is 5.85. The number of piperazine rings is 1. The number of primary amides is 1. The summed E-state index contributed by atoms with van der Waals surface area (Å²) in [7, 11) is 0. The number of aromatic nitrogens is 2. The summed E-state index contributed by atoms with van der Waals surface area (Å²) in [5.41, 5.74) is 8.94. The quantitative estimate of drug-likeness (QED) is 0.869. The minimum atomic E-state index is -0.620. The molecule has 1 atom stereocenters. The maximum atomic E-state index is 12.0. The monoisotopic (exact) mass is 355 g/mol. The number of carbonyl (C=O) groups is 1. The fourth-order valence-corrected chi connectivity index (χ4v) is 3.97. The first-order valence-electron chi connectivity index (χ1n) is 9.16. The SMILES string of the molecule is Cc1nc2ccccc2nc1CN1CCN(C2(C(N)=O)CCOC2)CC1. The van der Waals surface area contributed by atoms with Crippen molar-refractivity contribution in [3.8, 4) is 0 Å². The maximum absolute atomic E-state index is 12.0. The predicted octanol–water partition coefficient (Wildman–Crippen LogP) is 0.700. The van der Waals surface area contributed by atoms with Crippen molar-refractivity contribution in [2.75, 3.05) is 39.4 Å². The van der Waals surface area contributed by atoms with E-state index in [0.717, 1.165) is 55.1 Å². The topological polar surface area (TPSA) is 84.6 Å². The lowest BCUT2D eigenvalue weighted by Crippen LogP contribution is -2.63. The van der Waals surface area contributed by atoms with E-state index in [1.165, 1.54) is 0 Å². The van der Waals surface area contributed by atoms with E-state index in [4.69, 9.17) is 15.5 Å². The minimum Gasteiger partial charge on any atom is -0.379 e. The standard InChI is InChI=1S/C19H25N5O2/c1-14-17(22-16-5-3-2-4-15(16)21-14)12-23-7-9-24(10-8-23)19(18(20)25)6-11-26-13-19/h2-5H,6-13H2,1H3,(H2,20,25). The molecule has 2 saturated heterocycles. The molecule has 1 aromatic carbocycles. The second-order valence-electron chi connectivity index (χ2n) is 7.21. The van der Waals surface area contributed by atoms with Gasteiger partial charge in [-0.15, -0.1) is 0 Å². The first kappa shape index (κ1) is 17.3. The molecule has 0 saturated carbocycles. The second-order valence-corrected chi connectivity index (χ2v) is 7.21. The van der Waals surface area contributed by atoms with Crippen molar-refractivity contribution in [3.63, 3.8) is 0 Å². The van der Waals surface area contributed by atoms with Crippen molar-refractivity contribution in [2.24, 2.45) is 5.73 Å². The lowest BCUT2D eigenvalue weighted by Gasteiger charge is -2.43. The summed E-state index contributed by atoms with van der Waals surface area (Å²) in [5.74, 6) is -0.264. The van der Waals surface area contributed by atoms with Gasteiger partial charge >= 0.3 is 0 Å². The van der Waals surface area contributed by atoms with Gasteiger partial charge in [-0.05, 0) is 19.1 Å². The summed E-state index contributed by atoms with van der Waals surface area (Å²) in [4.78, 5) is 26.1. The van der Waals surface area contributed by atoms with E-state index in [1.807, 2.05) is 31.2 Å². The number of benzene rings is 1. The lowest BCUT2D eigenvalue weighted by atomic mass is 9.94. The number of ether oxygens (including phenoxy) is 1. The number of para-hydroxylation sites is 2. The third-order valence-corrected chi connectivity index (χ3v) is 5.65. The Morgan fingerprint density at radius 1 is 1.19 bits per heavy atom. The molecule has 4 rings (SSSR count). The molecule has 7 heteroatoms. The average molecular weight is 355 g/mol. The Labute approximate surface area is 153 Å². The van der Waals surface area contributed by atoms with Crippen LogP contribution in [0.3, 0.4) is 0 Å². The number of fused-ring (bicyclic) bond motifs is 1. The van der Waals surface area contributed by atoms with Crippen LogP contribution in [0.2, 0.25) is 0 Å². The predicted molar refractivity (Wildman–Crippen MR) is 98.5 cm³/mol. The normalized spacial score (nSPS) is 25.0. The molecular formula is C19H25N5O2. The summed E-state index contributed by atoms with van der Waals surface area (Å²) < 4.78 is 5.48. The van der Waals surface area contributed by atoms with Crippen molar-refractivity contribution in [3.05, 3.63) is 35.7 Å². The number of hydrogen-bond donors (Lipinski definition) is 1. The van der Waals surface area contributed by atoms with Crippen LogP contribution in [-0.2, 0) is 16.1 Å². The maximum Gasteiger partial charge on any atom is 0.240 e. The Balaban J connectivity index is 1.44. The number of carbonyl (C=O) groups excluding carboxylic acids is 1. The summed E-state index contributed by atoms with van der Waals surface area (Å²) in [5, 5.41) is 0. The molecule has 2 aromatic rings. The van der Waals surface area contributed by atoms with Gasteiger partial charge in [-0.2, -0.15) is 0 Å². The number of hydrogen-bond acceptors (Lipinski definition) is 6. The van der Waals surface area contributed by atoms with E-state index < -0.39 is 5.54 Å². The third-order valence-electron chi connectivity index (χ3n) is 5.65. The van der Waals surface area contributed by atoms with Gasteiger partial charge in [-0.25, -0.2) is 9.97 Å². The van der Waals surface area contributed by atoms with Crippen molar-refractivity contribution in [1.82, 2.24) is 19.8 Å². The molecule has 0 bridgehead atoms. The van der Waals surface area contributed by atoms with Gasteiger partial charge in [-0.1, -0.05) is 12.1 Å². The molecule has 1 aromatic heterocycles. The molecule has 0 aliphatic carbocycles. The first-order valence-corrected chi connectivity index (χ1v) is 9.16. The van der Waals surface area contributed by atoms with E-state index in [1.54, 1.807) is 0 Å². The van der Waals surface area contributed by atoms with Crippen LogP contribution in [0.5, 0.6) is 0 Å². The molecule has 3 heterocycles. The van der Waals surface area contributed by atoms with Gasteiger partial charge in [0.05, 0.1) is 29.0 Å². The van der Waals surface area contributed by atoms with E-state index in [0.29, 0.717) is 19.6 Å². The Morgan fingerprint density at radius 3 is 2.50 bits per heavy atom. The van der Waals surface area contributed by atoms with Crippen molar-refractivity contribution in [2.45, 2.75) is 25.4 Å². The number of rotatable bonds is 4. The van der Waals surface area contributed by atoms with E-state index in [9.17, 15) is 4.79 Å². The Kier molecular flexibility index (Phi) is 4.60. The van der Waals surface area contributed by atoms with Crippen molar-refractivity contribution < 1.29 is 9.53 Å². The van der Waals surface area contributed by atoms with Crippen LogP contribution in [0, 0.1) is 6.92 Å². The molecule has 1 amide bonds. The number of nitrogens with two attached hydrogens (primary N) is 1. The lowest BCUT2D eigenvalue weighted by molar-refractivity contribution is -0.132. The van der Waals surface area contributed by atoms with Crippen LogP contribution in [-0.4, -0.2) is 70.6 Å². The fourth-order valence-electron chi connectivity index (χ4n) is 3.97. The van der Waals surface area contributed by atoms with E-state index in [-0.39, 0.29) is 5.91 Å². The van der Waals surface area contributed by atoms with E-state index in [2.05, 4.69) is 14.8 Å². The largest absolute Gasteiger partial charge is 0.379 e. The number of nitrogens with zero attached hydrogens (tertiary/aromatic N) is 4. The van der Waals surface area contributed by atoms with Gasteiger partial charge in [0.25, 0.3) is 0 Å². The highest BCUT2D eigenvalue weighted by Crippen LogP contribution is 2.27. The van der Waals surface area contributed by atoms with Gasteiger partial charge in [0.1, 0.15) is 5.54 Å². The van der Waals surface area contributed by atoms with Gasteiger partial charge in [0.2, 0.25) is 5.91 Å². The van der Waals surface area contributed by atoms with Gasteiger partial charge in [-0.3, -0.25) is 14.6 Å². The molecule has 1 unspecified atom stereocenters. The molecule has 2 fully saturated rings. The summed E-state index contributed by atoms with van der Waals surface area (Å²) in [6.07, 6.45) is 0.692. The Hall–Kier alpha value is -2.09. The summed E-state index contributed by atoms with van der Waals surface area (Å²) in [6.45, 7) is 7.19. The summed E-state index contributed by atoms with van der Waals surface area (Å²) in [6, 6.07) is 7.96. The van der Waals surface area contributed by atoms with Crippen LogP contribution in [0.15, 0.2) is 24.3 Å². The summed E-state index contributed by atoms with van der Waals surface area (Å²) >= 11 is 0. The number of amides is 1. The molecule has 0 spiro atoms. The number of aryl methyl sites for hydroxylation is 1. The zero-order valence-corrected chi connectivity index (χ0v) is 15.1. The molecule has 2 aliphatic heterocycles. The Morgan fingerprint density at radius 2 is 1.88 bits per heavy atom. The molecule has 2 N–H and O–H groups in total. The van der Waals surface area contributed by atoms with Crippen molar-refractivity contribution in [1.29, 1.82) is 0 Å². The van der Waals surface area contributed by atoms with Crippen LogP contribution in [0.1, 0.15) is 17.8 Å². The molecular weight excluding hydrogens is 330 g/mol. The van der Waals surface area contributed by atoms with E-state index >= 15 is 0 Å². The molecule has 7 nitrogen and oxygen atoms in total. The highest BCUT2D eigenvalue weighted by Gasteiger charge is 2.46. The zero-order chi connectivity index (χ0) is 18.1. The van der Waals surface area contributed by atoms with Gasteiger partial charge in [0.15, 0.2) is 0 Å². The average Bonchev–Trinajstić information content (AvgIpc) is 3.14. The minimum absolute atomic E-state index is 0.264. The molecule has 0 radical (unpaired) electrons. The molecule has 2 aliphatic rings. The van der Waals surface area contributed by atoms with Crippen LogP contribution >= 0.6 is 0 Å². The fraction of sp³-hybridized carbons (Fsp3) is 0.526. The first-order chi connectivity index (χ1) is 12.6.